The van der Waals surface area contributed by atoms with E-state index in [1.165, 1.54) is 83.5 Å². The minimum Gasteiger partial charge on any atom is -0.396 e. The molecule has 0 aliphatic carbocycles. The number of hydrogen-bond donors (Lipinski definition) is 1. The van der Waals surface area contributed by atoms with Crippen LogP contribution in [0.5, 0.6) is 0 Å². The molecule has 0 fully saturated rings. The minimum absolute atomic E-state index is 0.377. The zero-order valence-corrected chi connectivity index (χ0v) is 13.6. The first-order chi connectivity index (χ1) is 9.35. The molecule has 0 aliphatic heterocycles. The van der Waals surface area contributed by atoms with E-state index in [0.717, 1.165) is 12.3 Å². The molecule has 0 aromatic rings. The van der Waals surface area contributed by atoms with Gasteiger partial charge in [-0.05, 0) is 18.8 Å². The van der Waals surface area contributed by atoms with Crippen LogP contribution in [0.3, 0.4) is 0 Å². The molecule has 0 saturated heterocycles. The average Bonchev–Trinajstić information content (AvgIpc) is 2.43. The maximum Gasteiger partial charge on any atom is 0.0431 e. The van der Waals surface area contributed by atoms with E-state index in [1.54, 1.807) is 0 Å². The first kappa shape index (κ1) is 19.0. The van der Waals surface area contributed by atoms with E-state index >= 15 is 0 Å². The van der Waals surface area contributed by atoms with Gasteiger partial charge in [-0.1, -0.05) is 90.9 Å². The largest absolute Gasteiger partial charge is 0.396 e. The van der Waals surface area contributed by atoms with Crippen molar-refractivity contribution in [2.24, 2.45) is 5.92 Å². The average molecular weight is 271 g/mol. The van der Waals surface area contributed by atoms with Gasteiger partial charge in [-0.25, -0.2) is 0 Å². The van der Waals surface area contributed by atoms with Gasteiger partial charge in [0.15, 0.2) is 0 Å². The third-order valence-corrected chi connectivity index (χ3v) is 4.20. The molecule has 0 radical (unpaired) electrons. The SMILES string of the molecule is CCCCCCCC(CCCO)CCCCCCC. The number of aliphatic hydroxyl groups is 1. The van der Waals surface area contributed by atoms with Crippen molar-refractivity contribution in [3.63, 3.8) is 0 Å². The highest BCUT2D eigenvalue weighted by Crippen LogP contribution is 2.22. The zero-order chi connectivity index (χ0) is 14.2. The van der Waals surface area contributed by atoms with Gasteiger partial charge in [0.05, 0.1) is 0 Å². The van der Waals surface area contributed by atoms with E-state index < -0.39 is 0 Å². The first-order valence-electron chi connectivity index (χ1n) is 8.96. The molecule has 1 N–H and O–H groups in total. The summed E-state index contributed by atoms with van der Waals surface area (Å²) in [6.45, 7) is 4.93. The quantitative estimate of drug-likeness (QED) is 0.357. The van der Waals surface area contributed by atoms with Gasteiger partial charge >= 0.3 is 0 Å². The van der Waals surface area contributed by atoms with Gasteiger partial charge in [0.2, 0.25) is 0 Å². The molecule has 116 valence electrons. The van der Waals surface area contributed by atoms with E-state index in [4.69, 9.17) is 5.11 Å². The third-order valence-electron chi connectivity index (χ3n) is 4.20. The summed E-state index contributed by atoms with van der Waals surface area (Å²) in [4.78, 5) is 0. The molecule has 0 saturated carbocycles. The molecule has 0 rings (SSSR count). The fourth-order valence-corrected chi connectivity index (χ4v) is 2.89. The predicted octanol–water partition coefficient (Wildman–Crippen LogP) is 6.10. The molecule has 0 spiro atoms. The van der Waals surface area contributed by atoms with Crippen molar-refractivity contribution in [1.82, 2.24) is 0 Å². The Balaban J connectivity index is 3.57. The molecule has 0 unspecified atom stereocenters. The molecule has 0 amide bonds. The molecule has 1 nitrogen and oxygen atoms in total. The van der Waals surface area contributed by atoms with E-state index in [9.17, 15) is 0 Å². The van der Waals surface area contributed by atoms with Crippen LogP contribution in [0.4, 0.5) is 0 Å². The first-order valence-corrected chi connectivity index (χ1v) is 8.96. The smallest absolute Gasteiger partial charge is 0.0431 e. The van der Waals surface area contributed by atoms with Crippen LogP contribution in [0.1, 0.15) is 104 Å². The van der Waals surface area contributed by atoms with Gasteiger partial charge in [0.25, 0.3) is 0 Å². The highest BCUT2D eigenvalue weighted by molar-refractivity contribution is 4.61. The lowest BCUT2D eigenvalue weighted by atomic mass is 9.90. The van der Waals surface area contributed by atoms with Crippen molar-refractivity contribution in [2.45, 2.75) is 104 Å². The van der Waals surface area contributed by atoms with Gasteiger partial charge in [0.1, 0.15) is 0 Å². The van der Waals surface area contributed by atoms with Gasteiger partial charge in [-0.3, -0.25) is 0 Å². The van der Waals surface area contributed by atoms with Crippen LogP contribution in [-0.4, -0.2) is 11.7 Å². The van der Waals surface area contributed by atoms with Crippen LogP contribution in [0.15, 0.2) is 0 Å². The van der Waals surface area contributed by atoms with Gasteiger partial charge in [-0.2, -0.15) is 0 Å². The van der Waals surface area contributed by atoms with E-state index in [2.05, 4.69) is 13.8 Å². The summed E-state index contributed by atoms with van der Waals surface area (Å²) >= 11 is 0. The molecule has 0 aliphatic rings. The fourth-order valence-electron chi connectivity index (χ4n) is 2.89. The summed E-state index contributed by atoms with van der Waals surface area (Å²) in [5.41, 5.74) is 0. The lowest BCUT2D eigenvalue weighted by Crippen LogP contribution is -2.02. The Morgan fingerprint density at radius 1 is 0.579 bits per heavy atom. The summed E-state index contributed by atoms with van der Waals surface area (Å²) in [6, 6.07) is 0. The van der Waals surface area contributed by atoms with Crippen molar-refractivity contribution < 1.29 is 5.11 Å². The van der Waals surface area contributed by atoms with Crippen LogP contribution < -0.4 is 0 Å². The monoisotopic (exact) mass is 270 g/mol. The Kier molecular flexibility index (Phi) is 16.0. The topological polar surface area (TPSA) is 20.2 Å². The molecular weight excluding hydrogens is 232 g/mol. The molecule has 0 aromatic carbocycles. The summed E-state index contributed by atoms with van der Waals surface area (Å²) in [5, 5.41) is 9.00. The second-order valence-electron chi connectivity index (χ2n) is 6.14. The summed E-state index contributed by atoms with van der Waals surface area (Å²) < 4.78 is 0. The van der Waals surface area contributed by atoms with Crippen LogP contribution in [0.25, 0.3) is 0 Å². The van der Waals surface area contributed by atoms with Gasteiger partial charge in [-0.15, -0.1) is 0 Å². The lowest BCUT2D eigenvalue weighted by molar-refractivity contribution is 0.261. The highest BCUT2D eigenvalue weighted by atomic mass is 16.2. The Morgan fingerprint density at radius 2 is 1.00 bits per heavy atom. The normalized spacial score (nSPS) is 11.4. The fraction of sp³-hybridized carbons (Fsp3) is 1.00. The van der Waals surface area contributed by atoms with Crippen LogP contribution >= 0.6 is 0 Å². The Morgan fingerprint density at radius 3 is 1.42 bits per heavy atom. The van der Waals surface area contributed by atoms with E-state index in [1.807, 2.05) is 0 Å². The molecule has 0 heterocycles. The Hall–Kier alpha value is -0.0400. The Bertz CT molecular complexity index is 142. The van der Waals surface area contributed by atoms with Crippen molar-refractivity contribution in [3.05, 3.63) is 0 Å². The van der Waals surface area contributed by atoms with Gasteiger partial charge in [0, 0.05) is 6.61 Å². The molecule has 0 bridgehead atoms. The number of hydrogen-bond acceptors (Lipinski definition) is 1. The second-order valence-corrected chi connectivity index (χ2v) is 6.14. The molecule has 19 heavy (non-hydrogen) atoms. The zero-order valence-electron chi connectivity index (χ0n) is 13.6. The van der Waals surface area contributed by atoms with Crippen molar-refractivity contribution in [2.75, 3.05) is 6.61 Å². The van der Waals surface area contributed by atoms with Crippen molar-refractivity contribution in [1.29, 1.82) is 0 Å². The van der Waals surface area contributed by atoms with Crippen molar-refractivity contribution in [3.8, 4) is 0 Å². The lowest BCUT2D eigenvalue weighted by Gasteiger charge is -2.16. The van der Waals surface area contributed by atoms with Crippen LogP contribution in [0, 0.1) is 5.92 Å². The molecule has 0 aromatic heterocycles. The second kappa shape index (κ2) is 16.0. The van der Waals surface area contributed by atoms with Crippen LogP contribution in [-0.2, 0) is 0 Å². The number of rotatable bonds is 15. The highest BCUT2D eigenvalue weighted by Gasteiger charge is 2.08. The predicted molar refractivity (Wildman–Crippen MR) is 86.6 cm³/mol. The molecule has 0 atom stereocenters. The standard InChI is InChI=1S/C18H38O/c1-3-5-7-9-11-14-18(16-13-17-19)15-12-10-8-6-4-2/h18-19H,3-17H2,1-2H3. The van der Waals surface area contributed by atoms with E-state index in [0.29, 0.717) is 6.61 Å². The van der Waals surface area contributed by atoms with Crippen molar-refractivity contribution >= 4 is 0 Å². The van der Waals surface area contributed by atoms with E-state index in [-0.39, 0.29) is 0 Å². The van der Waals surface area contributed by atoms with Gasteiger partial charge < -0.3 is 5.11 Å². The summed E-state index contributed by atoms with van der Waals surface area (Å²) in [6.07, 6.45) is 19.0. The summed E-state index contributed by atoms with van der Waals surface area (Å²) in [5.74, 6) is 0.885. The number of unbranched alkanes of at least 4 members (excludes halogenated alkanes) is 8. The third kappa shape index (κ3) is 14.2. The Labute approximate surface area is 122 Å². The summed E-state index contributed by atoms with van der Waals surface area (Å²) in [7, 11) is 0. The molecular formula is C18H38O. The molecule has 1 heteroatoms. The maximum atomic E-state index is 9.00. The maximum absolute atomic E-state index is 9.00. The number of aliphatic hydroxyl groups excluding tert-OH is 1. The van der Waals surface area contributed by atoms with Crippen LogP contribution in [0.2, 0.25) is 0 Å². The minimum atomic E-state index is 0.377.